The molecule has 3 aromatic heterocycles. The molecule has 12 bridgehead atoms. The van der Waals surface area contributed by atoms with Gasteiger partial charge in [0.2, 0.25) is 0 Å². The minimum absolute atomic E-state index is 0.203. The lowest BCUT2D eigenvalue weighted by molar-refractivity contribution is 0.284. The van der Waals surface area contributed by atoms with E-state index in [9.17, 15) is 15.3 Å². The Balaban J connectivity index is 1.32. The number of ether oxygens (including phenoxy) is 3. The van der Waals surface area contributed by atoms with Crippen molar-refractivity contribution < 1.29 is 29.5 Å². The highest BCUT2D eigenvalue weighted by Gasteiger charge is 2.31. The SMILES string of the molecule is CCn1ccnc1COc1c2cc(C(C)(C)C)cc1Cc1cc(C(C)(C)C)cc(c1O)Cc1cc(C(C)(C)C)cc(c1OCc1nccn1CC)Cc1cc(C(C)(C)C)cc(c1O)Cc1cc(C(C)(C)C)cc(c1OCc1nccn1CC)Cc1cc(C(C)(C)C)cc(c1O)C2. The molecule has 1 aliphatic carbocycles. The number of hydrogen-bond donors (Lipinski definition) is 3. The molecule has 0 unspecified atom stereocenters. The Morgan fingerprint density at radius 1 is 0.292 bits per heavy atom. The molecule has 0 saturated heterocycles. The first kappa shape index (κ1) is 70.5. The molecular weight excluding hydrogens is 1190 g/mol. The van der Waals surface area contributed by atoms with Gasteiger partial charge in [0.25, 0.3) is 0 Å². The fraction of sp³-hybridized carbons (Fsp3) is 0.464. The van der Waals surface area contributed by atoms with Gasteiger partial charge in [-0.05, 0) is 153 Å². The lowest BCUT2D eigenvalue weighted by Gasteiger charge is -2.28. The minimum atomic E-state index is -0.315. The number of phenolic OH excluding ortho intramolecular Hbond substituents is 3. The number of fused-ring (bicyclic) bond motifs is 12. The summed E-state index contributed by atoms with van der Waals surface area (Å²) in [5.41, 5.74) is 14.8. The van der Waals surface area contributed by atoms with Crippen molar-refractivity contribution in [2.24, 2.45) is 0 Å². The number of rotatable bonds is 12. The van der Waals surface area contributed by atoms with Gasteiger partial charge in [0, 0.05) is 95.3 Å². The summed E-state index contributed by atoms with van der Waals surface area (Å²) in [5, 5.41) is 40.0. The molecule has 510 valence electrons. The van der Waals surface area contributed by atoms with Gasteiger partial charge >= 0.3 is 0 Å². The monoisotopic (exact) mass is 1300 g/mol. The van der Waals surface area contributed by atoms with Crippen LogP contribution in [-0.4, -0.2) is 44.0 Å². The van der Waals surface area contributed by atoms with E-state index >= 15 is 0 Å². The van der Waals surface area contributed by atoms with E-state index in [4.69, 9.17) is 29.2 Å². The average Bonchev–Trinajstić information content (AvgIpc) is 0.834. The number of benzene rings is 6. The van der Waals surface area contributed by atoms with Gasteiger partial charge in [0.05, 0.1) is 0 Å². The molecule has 12 heteroatoms. The highest BCUT2D eigenvalue weighted by molar-refractivity contribution is 5.61. The molecular formula is C84H108N6O6. The molecule has 96 heavy (non-hydrogen) atoms. The van der Waals surface area contributed by atoms with E-state index in [0.717, 1.165) is 137 Å². The quantitative estimate of drug-likeness (QED) is 0.109. The molecule has 0 saturated carbocycles. The molecule has 0 aliphatic heterocycles. The fourth-order valence-electron chi connectivity index (χ4n) is 13.2. The van der Waals surface area contributed by atoms with Crippen LogP contribution in [0.1, 0.15) is 263 Å². The van der Waals surface area contributed by atoms with E-state index < -0.39 is 0 Å². The van der Waals surface area contributed by atoms with E-state index in [0.29, 0.717) is 55.8 Å². The van der Waals surface area contributed by atoms with E-state index in [-0.39, 0.29) is 69.6 Å². The third kappa shape index (κ3) is 15.6. The summed E-state index contributed by atoms with van der Waals surface area (Å²) in [6.07, 6.45) is 13.5. The predicted molar refractivity (Wildman–Crippen MR) is 389 cm³/mol. The first-order valence-corrected chi connectivity index (χ1v) is 34.8. The Hall–Kier alpha value is -8.25. The number of aromatic nitrogens is 6. The van der Waals surface area contributed by atoms with Gasteiger partial charge in [0.15, 0.2) is 0 Å². The van der Waals surface area contributed by atoms with Crippen molar-refractivity contribution in [1.82, 2.24) is 28.7 Å². The maximum Gasteiger partial charge on any atom is 0.146 e. The van der Waals surface area contributed by atoms with Gasteiger partial charge < -0.3 is 43.2 Å². The van der Waals surface area contributed by atoms with Crippen molar-refractivity contribution in [3.05, 3.63) is 228 Å². The fourth-order valence-corrected chi connectivity index (χ4v) is 13.2. The molecule has 0 atom stereocenters. The number of aryl methyl sites for hydroxylation is 3. The standard InChI is InChI=1S/C84H108N6O6/c1-22-88-28-25-85-70(88)49-94-76-58-31-52-37-64(79(4,5)6)39-54(73(52)91)33-60-45-68(83(16,17)18)47-62(77(60)95-50-71-86-26-29-89(71)23-2)35-56-41-66(81(10,11)12)42-57(75(56)93)36-63-48-69(84(19,20)21)46-61(78(63)96-51-72-87-27-30-90(72)24-3)34-55-40-65(80(7,8)9)38-53(74(55)92)32-59(76)44-67(43-58)82(13,14)15/h25-30,37-48,91-93H,22-24,31-36,49-51H2,1-21H3. The van der Waals surface area contributed by atoms with Crippen molar-refractivity contribution in [1.29, 1.82) is 0 Å². The number of aromatic hydroxyl groups is 3. The van der Waals surface area contributed by atoms with E-state index in [2.05, 4.69) is 232 Å². The van der Waals surface area contributed by atoms with Crippen LogP contribution in [0.15, 0.2) is 110 Å². The van der Waals surface area contributed by atoms with Crippen molar-refractivity contribution in [2.45, 2.75) is 256 Å². The average molecular weight is 1300 g/mol. The highest BCUT2D eigenvalue weighted by atomic mass is 16.5. The summed E-state index contributed by atoms with van der Waals surface area (Å²) in [4.78, 5) is 14.4. The minimum Gasteiger partial charge on any atom is -0.507 e. The Labute approximate surface area is 573 Å². The van der Waals surface area contributed by atoms with Crippen LogP contribution in [0.4, 0.5) is 0 Å². The summed E-state index contributed by atoms with van der Waals surface area (Å²) in [6.45, 7) is 49.4. The van der Waals surface area contributed by atoms with Gasteiger partial charge in [-0.25, -0.2) is 15.0 Å². The molecule has 1 aliphatic rings. The largest absolute Gasteiger partial charge is 0.507 e. The Morgan fingerprint density at radius 3 is 0.615 bits per heavy atom. The van der Waals surface area contributed by atoms with Gasteiger partial charge in [0.1, 0.15) is 71.8 Å². The van der Waals surface area contributed by atoms with E-state index in [1.54, 1.807) is 0 Å². The third-order valence-corrected chi connectivity index (χ3v) is 19.5. The summed E-state index contributed by atoms with van der Waals surface area (Å²) >= 11 is 0. The summed E-state index contributed by atoms with van der Waals surface area (Å²) in [5.74, 6) is 5.11. The van der Waals surface area contributed by atoms with E-state index in [1.165, 1.54) is 0 Å². The summed E-state index contributed by atoms with van der Waals surface area (Å²) in [6, 6.07) is 26.7. The maximum absolute atomic E-state index is 13.3. The molecule has 3 N–H and O–H groups in total. The van der Waals surface area contributed by atoms with Gasteiger partial charge in [-0.1, -0.05) is 197 Å². The first-order valence-electron chi connectivity index (χ1n) is 34.8. The lowest BCUT2D eigenvalue weighted by Crippen LogP contribution is -2.17. The molecule has 0 radical (unpaired) electrons. The first-order chi connectivity index (χ1) is 44.9. The van der Waals surface area contributed by atoms with Crippen molar-refractivity contribution >= 4 is 0 Å². The zero-order valence-electron chi connectivity index (χ0n) is 61.6. The molecule has 6 aromatic carbocycles. The van der Waals surface area contributed by atoms with E-state index in [1.807, 2.05) is 37.2 Å². The second-order valence-corrected chi connectivity index (χ2v) is 33.1. The maximum atomic E-state index is 13.3. The lowest BCUT2D eigenvalue weighted by atomic mass is 9.79. The predicted octanol–water partition coefficient (Wildman–Crippen LogP) is 18.8. The van der Waals surface area contributed by atoms with Crippen molar-refractivity contribution in [3.63, 3.8) is 0 Å². The molecule has 3 heterocycles. The second-order valence-electron chi connectivity index (χ2n) is 33.1. The molecule has 10 rings (SSSR count). The van der Waals surface area contributed by atoms with Crippen LogP contribution >= 0.6 is 0 Å². The number of hydrogen-bond acceptors (Lipinski definition) is 9. The van der Waals surface area contributed by atoms with Gasteiger partial charge in [-0.15, -0.1) is 0 Å². The van der Waals surface area contributed by atoms with Crippen molar-refractivity contribution in [2.75, 3.05) is 0 Å². The molecule has 0 spiro atoms. The van der Waals surface area contributed by atoms with Crippen LogP contribution in [0.3, 0.4) is 0 Å². The van der Waals surface area contributed by atoms with Crippen LogP contribution in [0.2, 0.25) is 0 Å². The summed E-state index contributed by atoms with van der Waals surface area (Å²) < 4.78 is 28.1. The third-order valence-electron chi connectivity index (χ3n) is 19.5. The normalized spacial score (nSPS) is 13.6. The zero-order chi connectivity index (χ0) is 69.8. The Kier molecular flexibility index (Phi) is 19.8. The Morgan fingerprint density at radius 2 is 0.458 bits per heavy atom. The molecule has 12 nitrogen and oxygen atoms in total. The van der Waals surface area contributed by atoms with Gasteiger partial charge in [-0.3, -0.25) is 0 Å². The van der Waals surface area contributed by atoms with Crippen LogP contribution in [-0.2, 0) is 110 Å². The zero-order valence-corrected chi connectivity index (χ0v) is 61.6. The topological polar surface area (TPSA) is 142 Å². The molecule has 0 amide bonds. The van der Waals surface area contributed by atoms with Crippen molar-refractivity contribution in [3.8, 4) is 34.5 Å². The Bertz CT molecular complexity index is 3720. The van der Waals surface area contributed by atoms with Crippen LogP contribution in [0.25, 0.3) is 0 Å². The molecule has 9 aromatic rings. The number of phenols is 3. The van der Waals surface area contributed by atoms with Crippen LogP contribution in [0, 0.1) is 0 Å². The number of imidazole rings is 3. The smallest absolute Gasteiger partial charge is 0.146 e. The highest BCUT2D eigenvalue weighted by Crippen LogP contribution is 2.46. The summed E-state index contributed by atoms with van der Waals surface area (Å²) in [7, 11) is 0. The van der Waals surface area contributed by atoms with Crippen LogP contribution in [0.5, 0.6) is 34.5 Å². The number of nitrogens with zero attached hydrogens (tertiary/aromatic N) is 6. The van der Waals surface area contributed by atoms with Crippen LogP contribution < -0.4 is 14.2 Å². The second kappa shape index (κ2) is 27.0. The van der Waals surface area contributed by atoms with Gasteiger partial charge in [-0.2, -0.15) is 0 Å². The molecule has 0 fully saturated rings.